The molecule has 1 atom stereocenters. The summed E-state index contributed by atoms with van der Waals surface area (Å²) in [6.45, 7) is 9.02. The molecule has 1 aromatic heterocycles. The maximum atomic E-state index is 11.8. The van der Waals surface area contributed by atoms with Crippen LogP contribution in [-0.4, -0.2) is 16.7 Å². The number of nitrogens with one attached hydrogen (secondary N) is 2. The quantitative estimate of drug-likeness (QED) is 0.824. The van der Waals surface area contributed by atoms with Gasteiger partial charge in [0.1, 0.15) is 5.60 Å². The molecular formula is C14H19BrN2O3. The van der Waals surface area contributed by atoms with Crippen LogP contribution < -0.4 is 10.9 Å². The molecule has 0 aliphatic heterocycles. The second kappa shape index (κ2) is 6.74. The summed E-state index contributed by atoms with van der Waals surface area (Å²) in [5, 5.41) is 2.72. The first-order valence-electron chi connectivity index (χ1n) is 6.21. The number of amides is 1. The van der Waals surface area contributed by atoms with Crippen molar-refractivity contribution in [3.05, 3.63) is 45.3 Å². The molecule has 0 saturated heterocycles. The van der Waals surface area contributed by atoms with Gasteiger partial charge in [-0.1, -0.05) is 22.0 Å². The van der Waals surface area contributed by atoms with Crippen LogP contribution in [0.3, 0.4) is 0 Å². The van der Waals surface area contributed by atoms with E-state index in [-0.39, 0.29) is 5.56 Å². The van der Waals surface area contributed by atoms with E-state index >= 15 is 0 Å². The number of carbonyl (C=O) groups is 1. The summed E-state index contributed by atoms with van der Waals surface area (Å²) >= 11 is 3.26. The van der Waals surface area contributed by atoms with Crippen molar-refractivity contribution in [2.75, 3.05) is 0 Å². The van der Waals surface area contributed by atoms with E-state index in [0.29, 0.717) is 16.6 Å². The predicted molar refractivity (Wildman–Crippen MR) is 81.7 cm³/mol. The van der Waals surface area contributed by atoms with Gasteiger partial charge in [0.15, 0.2) is 0 Å². The van der Waals surface area contributed by atoms with Crippen LogP contribution >= 0.6 is 15.9 Å². The van der Waals surface area contributed by atoms with Crippen LogP contribution in [0.1, 0.15) is 38.9 Å². The van der Waals surface area contributed by atoms with Crippen molar-refractivity contribution in [2.45, 2.75) is 38.8 Å². The van der Waals surface area contributed by atoms with E-state index in [1.807, 2.05) is 0 Å². The summed E-state index contributed by atoms with van der Waals surface area (Å²) in [6, 6.07) is 2.77. The highest BCUT2D eigenvalue weighted by molar-refractivity contribution is 9.10. The average Bonchev–Trinajstić information content (AvgIpc) is 2.24. The van der Waals surface area contributed by atoms with Crippen molar-refractivity contribution in [3.63, 3.8) is 0 Å². The number of ether oxygens (including phenoxy) is 1. The van der Waals surface area contributed by atoms with Gasteiger partial charge < -0.3 is 15.0 Å². The lowest BCUT2D eigenvalue weighted by Crippen LogP contribution is -2.35. The van der Waals surface area contributed by atoms with E-state index in [9.17, 15) is 9.59 Å². The van der Waals surface area contributed by atoms with Crippen molar-refractivity contribution < 1.29 is 9.53 Å². The molecule has 0 aliphatic carbocycles. The van der Waals surface area contributed by atoms with Crippen LogP contribution in [0, 0.1) is 0 Å². The zero-order chi connectivity index (χ0) is 15.3. The predicted octanol–water partition coefficient (Wildman–Crippen LogP) is 3.28. The Kier molecular flexibility index (Phi) is 5.56. The molecule has 0 aliphatic rings. The smallest absolute Gasteiger partial charge is 0.408 e. The van der Waals surface area contributed by atoms with E-state index in [2.05, 4.69) is 32.8 Å². The minimum absolute atomic E-state index is 0.241. The summed E-state index contributed by atoms with van der Waals surface area (Å²) in [4.78, 5) is 26.0. The normalized spacial score (nSPS) is 12.6. The fraction of sp³-hybridized carbons (Fsp3) is 0.429. The number of aromatic nitrogens is 1. The Morgan fingerprint density at radius 2 is 2.20 bits per heavy atom. The Morgan fingerprint density at radius 1 is 1.55 bits per heavy atom. The van der Waals surface area contributed by atoms with Crippen molar-refractivity contribution in [1.82, 2.24) is 10.3 Å². The molecule has 0 radical (unpaired) electrons. The molecular weight excluding hydrogens is 324 g/mol. The molecule has 5 nitrogen and oxygen atoms in total. The van der Waals surface area contributed by atoms with E-state index in [1.54, 1.807) is 32.9 Å². The minimum atomic E-state index is -0.576. The highest BCUT2D eigenvalue weighted by Crippen LogP contribution is 2.18. The van der Waals surface area contributed by atoms with Gasteiger partial charge in [0.05, 0.1) is 6.04 Å². The lowest BCUT2D eigenvalue weighted by Gasteiger charge is -2.23. The third-order valence-corrected chi connectivity index (χ3v) is 2.76. The molecule has 2 N–H and O–H groups in total. The summed E-state index contributed by atoms with van der Waals surface area (Å²) in [6.07, 6.45) is 1.61. The first-order chi connectivity index (χ1) is 9.21. The average molecular weight is 343 g/mol. The van der Waals surface area contributed by atoms with Gasteiger partial charge in [-0.3, -0.25) is 4.79 Å². The topological polar surface area (TPSA) is 71.2 Å². The number of aromatic amines is 1. The van der Waals surface area contributed by atoms with Crippen LogP contribution in [0.25, 0.3) is 0 Å². The van der Waals surface area contributed by atoms with Crippen LogP contribution in [0.4, 0.5) is 4.79 Å². The van der Waals surface area contributed by atoms with Crippen molar-refractivity contribution in [2.24, 2.45) is 0 Å². The Bertz CT molecular complexity index is 546. The number of halogens is 1. The van der Waals surface area contributed by atoms with Crippen molar-refractivity contribution >= 4 is 22.0 Å². The number of hydrogen-bond acceptors (Lipinski definition) is 3. The maximum Gasteiger partial charge on any atom is 0.408 e. The van der Waals surface area contributed by atoms with Crippen LogP contribution in [0.5, 0.6) is 0 Å². The summed E-state index contributed by atoms with van der Waals surface area (Å²) in [7, 11) is 0. The van der Waals surface area contributed by atoms with Crippen LogP contribution in [0.15, 0.2) is 34.1 Å². The van der Waals surface area contributed by atoms with Gasteiger partial charge in [0, 0.05) is 16.2 Å². The van der Waals surface area contributed by atoms with Gasteiger partial charge in [0.25, 0.3) is 0 Å². The van der Waals surface area contributed by atoms with Crippen molar-refractivity contribution in [3.8, 4) is 0 Å². The zero-order valence-corrected chi connectivity index (χ0v) is 13.4. The molecule has 1 aromatic rings. The Labute approximate surface area is 126 Å². The van der Waals surface area contributed by atoms with Crippen LogP contribution in [-0.2, 0) is 4.74 Å². The molecule has 0 saturated carbocycles. The van der Waals surface area contributed by atoms with Gasteiger partial charge in [-0.05, 0) is 33.3 Å². The first-order valence-corrected chi connectivity index (χ1v) is 7.01. The van der Waals surface area contributed by atoms with Gasteiger partial charge in [0.2, 0.25) is 5.56 Å². The van der Waals surface area contributed by atoms with Gasteiger partial charge in [-0.25, -0.2) is 4.79 Å². The van der Waals surface area contributed by atoms with E-state index in [4.69, 9.17) is 4.74 Å². The Morgan fingerprint density at radius 3 is 2.70 bits per heavy atom. The number of alkyl carbamates (subject to hydrolysis) is 1. The van der Waals surface area contributed by atoms with Gasteiger partial charge in [-0.2, -0.15) is 0 Å². The highest BCUT2D eigenvalue weighted by Gasteiger charge is 2.20. The van der Waals surface area contributed by atoms with E-state index in [1.165, 1.54) is 6.07 Å². The van der Waals surface area contributed by atoms with Gasteiger partial charge in [-0.15, -0.1) is 6.58 Å². The minimum Gasteiger partial charge on any atom is -0.444 e. The molecule has 0 aromatic carbocycles. The second-order valence-electron chi connectivity index (χ2n) is 5.34. The molecule has 6 heteroatoms. The molecule has 1 rings (SSSR count). The highest BCUT2D eigenvalue weighted by atomic mass is 79.9. The fourth-order valence-corrected chi connectivity index (χ4v) is 2.05. The largest absolute Gasteiger partial charge is 0.444 e. The third-order valence-electron chi connectivity index (χ3n) is 2.30. The van der Waals surface area contributed by atoms with Crippen LogP contribution in [0.2, 0.25) is 0 Å². The molecule has 0 spiro atoms. The zero-order valence-electron chi connectivity index (χ0n) is 11.8. The maximum absolute atomic E-state index is 11.8. The monoisotopic (exact) mass is 342 g/mol. The SMILES string of the molecule is C=CCC(NC(=O)OC(C)(C)C)c1cc(Br)cc(=O)[nH]1. The summed E-state index contributed by atoms with van der Waals surface area (Å²) in [5.74, 6) is 0. The van der Waals surface area contributed by atoms with E-state index in [0.717, 1.165) is 0 Å². The van der Waals surface area contributed by atoms with Gasteiger partial charge >= 0.3 is 6.09 Å². The second-order valence-corrected chi connectivity index (χ2v) is 6.26. The number of carbonyl (C=O) groups excluding carboxylic acids is 1. The number of pyridine rings is 1. The van der Waals surface area contributed by atoms with Crippen molar-refractivity contribution in [1.29, 1.82) is 0 Å². The molecule has 0 bridgehead atoms. The molecule has 0 fully saturated rings. The summed E-state index contributed by atoms with van der Waals surface area (Å²) in [5.41, 5.74) is -0.224. The van der Waals surface area contributed by atoms with E-state index < -0.39 is 17.7 Å². The third kappa shape index (κ3) is 5.61. The Hall–Kier alpha value is -1.56. The lowest BCUT2D eigenvalue weighted by molar-refractivity contribution is 0.0503. The number of rotatable bonds is 4. The summed E-state index contributed by atoms with van der Waals surface area (Å²) < 4.78 is 5.86. The fourth-order valence-electron chi connectivity index (χ4n) is 1.60. The molecule has 1 amide bonds. The Balaban J connectivity index is 2.91. The first kappa shape index (κ1) is 16.5. The standard InChI is InChI=1S/C14H19BrN2O3/c1-5-6-10(17-13(19)20-14(2,3)4)11-7-9(15)8-12(18)16-11/h5,7-8,10H,1,6H2,2-4H3,(H,16,18)(H,17,19). The molecule has 1 unspecified atom stereocenters. The number of H-pyrrole nitrogens is 1. The molecule has 20 heavy (non-hydrogen) atoms. The number of hydrogen-bond donors (Lipinski definition) is 2. The lowest BCUT2D eigenvalue weighted by atomic mass is 10.1. The molecule has 1 heterocycles. The molecule has 110 valence electrons.